The quantitative estimate of drug-likeness (QED) is 0.340. The zero-order chi connectivity index (χ0) is 7.21. The van der Waals surface area contributed by atoms with Crippen LogP contribution < -0.4 is 0 Å². The maximum atomic E-state index is 8.88. The van der Waals surface area contributed by atoms with Gasteiger partial charge in [0.05, 0.1) is 0 Å². The number of phosphoric acid groups is 1. The van der Waals surface area contributed by atoms with Crippen LogP contribution in [0.5, 0.6) is 0 Å². The van der Waals surface area contributed by atoms with Crippen molar-refractivity contribution < 1.29 is 28.7 Å². The van der Waals surface area contributed by atoms with Gasteiger partial charge in [0, 0.05) is 0 Å². The van der Waals surface area contributed by atoms with Gasteiger partial charge in [0.2, 0.25) is 0 Å². The Hall–Kier alpha value is 0.170. The summed E-state index contributed by atoms with van der Waals surface area (Å²) in [6.45, 7) is 0. The highest BCUT2D eigenvalue weighted by atomic mass is 31.2. The summed E-state index contributed by atoms with van der Waals surface area (Å²) in [6, 6.07) is 0. The third kappa shape index (κ3) is 5710. The zero-order valence-electron chi connectivity index (χ0n) is 3.55. The highest BCUT2D eigenvalue weighted by molar-refractivity contribution is 7.45. The zero-order valence-corrected chi connectivity index (χ0v) is 5.45. The summed E-state index contributed by atoms with van der Waals surface area (Å²) in [7, 11) is -5.81. The van der Waals surface area contributed by atoms with Crippen molar-refractivity contribution in [2.45, 2.75) is 0 Å². The van der Waals surface area contributed by atoms with Crippen molar-refractivity contribution in [3.63, 3.8) is 0 Å². The molecule has 8 heavy (non-hydrogen) atoms. The molecule has 8 heteroatoms. The highest BCUT2D eigenvalue weighted by Gasteiger charge is 2.00. The van der Waals surface area contributed by atoms with Crippen molar-refractivity contribution in [1.29, 1.82) is 0 Å². The molecule has 0 saturated heterocycles. The van der Waals surface area contributed by atoms with Crippen molar-refractivity contribution in [3.8, 4) is 0 Å². The molecule has 4 N–H and O–H groups in total. The van der Waals surface area contributed by atoms with E-state index in [1.54, 1.807) is 0 Å². The first-order valence-corrected chi connectivity index (χ1v) is 3.63. The van der Waals surface area contributed by atoms with Crippen LogP contribution in [-0.2, 0) is 9.13 Å². The lowest BCUT2D eigenvalue weighted by atomic mass is 15.8. The molecule has 0 bridgehead atoms. The summed E-state index contributed by atoms with van der Waals surface area (Å²) in [4.78, 5) is 28.6. The molecular weight excluding hydrogens is 158 g/mol. The van der Waals surface area contributed by atoms with Crippen LogP contribution in [-0.4, -0.2) is 19.6 Å². The molecule has 0 fully saturated rings. The van der Waals surface area contributed by atoms with Crippen LogP contribution in [0.15, 0.2) is 0 Å². The number of rotatable bonds is 0. The lowest BCUT2D eigenvalue weighted by molar-refractivity contribution is 0.275. The standard InChI is InChI=1S/H3O4P.HO2P/c1-5(2,3)4;1-3-2/h(H3,1,2,3,4);3H/p+1. The van der Waals surface area contributed by atoms with E-state index in [4.69, 9.17) is 28.7 Å². The normalized spacial score (nSPS) is 10.0. The molecule has 0 amide bonds. The summed E-state index contributed by atoms with van der Waals surface area (Å²) >= 11 is 0. The van der Waals surface area contributed by atoms with Crippen molar-refractivity contribution in [3.05, 3.63) is 0 Å². The fourth-order valence-electron chi connectivity index (χ4n) is 0. The Labute approximate surface area is 46.3 Å². The first-order valence-electron chi connectivity index (χ1n) is 1.21. The van der Waals surface area contributed by atoms with Gasteiger partial charge in [0.1, 0.15) is 0 Å². The van der Waals surface area contributed by atoms with E-state index in [2.05, 4.69) is 0 Å². The second-order valence-corrected chi connectivity index (χ2v) is 1.81. The number of hydrogen-bond donors (Lipinski definition) is 4. The minimum Gasteiger partial charge on any atom is -0.303 e. The van der Waals surface area contributed by atoms with E-state index >= 15 is 0 Å². The van der Waals surface area contributed by atoms with E-state index in [1.165, 1.54) is 0 Å². The predicted octanol–water partition coefficient (Wildman–Crippen LogP) is -1.01. The third-order valence-corrected chi connectivity index (χ3v) is 0. The average molecular weight is 163 g/mol. The van der Waals surface area contributed by atoms with Crippen LogP contribution in [0.3, 0.4) is 0 Å². The van der Waals surface area contributed by atoms with Crippen molar-refractivity contribution in [1.82, 2.24) is 0 Å². The fraction of sp³-hybridized carbons (Fsp3) is 0. The Morgan fingerprint density at radius 1 is 1.25 bits per heavy atom. The number of hydrogen-bond acceptors (Lipinski definition) is 2. The topological polar surface area (TPSA) is 115 Å². The van der Waals surface area contributed by atoms with Crippen molar-refractivity contribution in [2.75, 3.05) is 0 Å². The Morgan fingerprint density at radius 3 is 1.25 bits per heavy atom. The van der Waals surface area contributed by atoms with Crippen LogP contribution in [0.25, 0.3) is 0 Å². The van der Waals surface area contributed by atoms with E-state index in [-0.39, 0.29) is 0 Å². The molecule has 0 rings (SSSR count). The minimum atomic E-state index is -4.64. The molecule has 0 aliphatic rings. The molecule has 0 aromatic rings. The van der Waals surface area contributed by atoms with Crippen LogP contribution in [0.2, 0.25) is 0 Å². The van der Waals surface area contributed by atoms with E-state index in [9.17, 15) is 0 Å². The monoisotopic (exact) mass is 163 g/mol. The maximum Gasteiger partial charge on any atom is 0.491 e. The van der Waals surface area contributed by atoms with Crippen LogP contribution in [0.1, 0.15) is 0 Å². The van der Waals surface area contributed by atoms with Gasteiger partial charge in [-0.25, -0.2) is 4.57 Å². The molecule has 0 radical (unpaired) electrons. The van der Waals surface area contributed by atoms with Gasteiger partial charge in [-0.05, 0) is 4.57 Å². The second kappa shape index (κ2) is 5.31. The van der Waals surface area contributed by atoms with Crippen LogP contribution in [0, 0.1) is 0 Å². The lowest BCUT2D eigenvalue weighted by Crippen LogP contribution is -1.66. The second-order valence-electron chi connectivity index (χ2n) is 0.605. The van der Waals surface area contributed by atoms with E-state index in [1.807, 2.05) is 0 Å². The minimum absolute atomic E-state index is 1.17. The van der Waals surface area contributed by atoms with Gasteiger partial charge < -0.3 is 14.7 Å². The average Bonchev–Trinajstić information content (AvgIpc) is 1.27. The van der Waals surface area contributed by atoms with E-state index in [0.717, 1.165) is 0 Å². The summed E-state index contributed by atoms with van der Waals surface area (Å²) in [5.74, 6) is 0. The van der Waals surface area contributed by atoms with Gasteiger partial charge in [0.15, 0.2) is 0 Å². The third-order valence-electron chi connectivity index (χ3n) is 0. The van der Waals surface area contributed by atoms with E-state index in [0.29, 0.717) is 0 Å². The van der Waals surface area contributed by atoms with Gasteiger partial charge in [-0.1, -0.05) is 0 Å². The Balaban J connectivity index is 0. The first kappa shape index (κ1) is 11.0. The predicted molar refractivity (Wildman–Crippen MR) is 25.5 cm³/mol. The molecule has 0 aliphatic carbocycles. The molecule has 0 spiro atoms. The molecule has 0 heterocycles. The van der Waals surface area contributed by atoms with Crippen molar-refractivity contribution in [2.24, 2.45) is 0 Å². The molecule has 1 atom stereocenters. The summed E-state index contributed by atoms with van der Waals surface area (Å²) in [5, 5.41) is 0. The lowest BCUT2D eigenvalue weighted by Gasteiger charge is -1.82. The molecular formula is H5O6P2+. The molecule has 6 nitrogen and oxygen atoms in total. The smallest absolute Gasteiger partial charge is 0.303 e. The maximum absolute atomic E-state index is 8.88. The molecule has 0 aromatic carbocycles. The Bertz CT molecular complexity index is 80.4. The fourth-order valence-corrected chi connectivity index (χ4v) is 0. The largest absolute Gasteiger partial charge is 0.491 e. The van der Waals surface area contributed by atoms with Gasteiger partial charge in [-0.2, -0.15) is 4.89 Å². The molecule has 0 aliphatic heterocycles. The molecule has 0 aromatic heterocycles. The van der Waals surface area contributed by atoms with Gasteiger partial charge >= 0.3 is 16.5 Å². The Morgan fingerprint density at radius 2 is 1.25 bits per heavy atom. The molecule has 0 saturated carbocycles. The summed E-state index contributed by atoms with van der Waals surface area (Å²) < 4.78 is 17.4. The van der Waals surface area contributed by atoms with Crippen molar-refractivity contribution >= 4 is 16.5 Å². The summed E-state index contributed by atoms with van der Waals surface area (Å²) in [5.41, 5.74) is 0. The van der Waals surface area contributed by atoms with Gasteiger partial charge in [0.25, 0.3) is 0 Å². The molecule has 50 valence electrons. The van der Waals surface area contributed by atoms with E-state index < -0.39 is 16.5 Å². The SMILES string of the molecule is O=P(O)(O)O.O=[PH+]O. The summed E-state index contributed by atoms with van der Waals surface area (Å²) in [6.07, 6.45) is 0. The van der Waals surface area contributed by atoms with Gasteiger partial charge in [-0.15, -0.1) is 0 Å². The highest BCUT2D eigenvalue weighted by Crippen LogP contribution is 2.25. The van der Waals surface area contributed by atoms with Crippen LogP contribution in [0.4, 0.5) is 0 Å². The molecule has 1 unspecified atom stereocenters. The Kier molecular flexibility index (Phi) is 7.32. The van der Waals surface area contributed by atoms with Crippen LogP contribution >= 0.6 is 16.5 Å². The first-order chi connectivity index (χ1) is 3.41. The van der Waals surface area contributed by atoms with Gasteiger partial charge in [-0.3, -0.25) is 0 Å².